The van der Waals surface area contributed by atoms with E-state index in [1.165, 1.54) is 6.92 Å². The van der Waals surface area contributed by atoms with Gasteiger partial charge in [0, 0.05) is 17.3 Å². The molecule has 12 heavy (non-hydrogen) atoms. The summed E-state index contributed by atoms with van der Waals surface area (Å²) in [6, 6.07) is 1.67. The molecule has 0 aliphatic heterocycles. The van der Waals surface area contributed by atoms with Gasteiger partial charge < -0.3 is 10.8 Å². The van der Waals surface area contributed by atoms with Gasteiger partial charge in [-0.1, -0.05) is 0 Å². The second-order valence-corrected chi connectivity index (χ2v) is 2.57. The first-order valence-corrected chi connectivity index (χ1v) is 3.45. The van der Waals surface area contributed by atoms with Gasteiger partial charge in [0.25, 0.3) is 0 Å². The van der Waals surface area contributed by atoms with Gasteiger partial charge in [0.15, 0.2) is 0 Å². The highest BCUT2D eigenvalue weighted by molar-refractivity contribution is 5.48. The highest BCUT2D eigenvalue weighted by atomic mass is 19.1. The van der Waals surface area contributed by atoms with Gasteiger partial charge in [-0.15, -0.1) is 0 Å². The summed E-state index contributed by atoms with van der Waals surface area (Å²) in [6.45, 7) is 1.37. The maximum Gasteiger partial charge on any atom is 0.133 e. The van der Waals surface area contributed by atoms with Crippen LogP contribution in [0.1, 0.15) is 18.6 Å². The van der Waals surface area contributed by atoms with Crippen molar-refractivity contribution in [2.45, 2.75) is 13.0 Å². The van der Waals surface area contributed by atoms with E-state index in [1.807, 2.05) is 0 Å². The average molecular weight is 173 g/mol. The van der Waals surface area contributed by atoms with Crippen molar-refractivity contribution in [3.8, 4) is 0 Å². The summed E-state index contributed by atoms with van der Waals surface area (Å²) in [5, 5.41) is 9.03. The highest BCUT2D eigenvalue weighted by Crippen LogP contribution is 2.24. The van der Waals surface area contributed by atoms with Gasteiger partial charge in [-0.2, -0.15) is 0 Å². The van der Waals surface area contributed by atoms with Gasteiger partial charge in [-0.25, -0.2) is 8.78 Å². The van der Waals surface area contributed by atoms with Crippen LogP contribution in [0.2, 0.25) is 0 Å². The maximum atomic E-state index is 12.9. The van der Waals surface area contributed by atoms with Gasteiger partial charge in [0.2, 0.25) is 0 Å². The molecule has 2 nitrogen and oxygen atoms in total. The van der Waals surface area contributed by atoms with Crippen LogP contribution < -0.4 is 5.73 Å². The molecule has 66 valence electrons. The summed E-state index contributed by atoms with van der Waals surface area (Å²) in [5.74, 6) is -1.56. The Bertz CT molecular complexity index is 276. The van der Waals surface area contributed by atoms with Gasteiger partial charge in [0.1, 0.15) is 11.6 Å². The van der Waals surface area contributed by atoms with Gasteiger partial charge in [-0.3, -0.25) is 0 Å². The third-order valence-corrected chi connectivity index (χ3v) is 1.54. The number of benzene rings is 1. The molecule has 1 rings (SSSR count). The lowest BCUT2D eigenvalue weighted by Crippen LogP contribution is -2.02. The van der Waals surface area contributed by atoms with Crippen LogP contribution in [-0.2, 0) is 0 Å². The zero-order valence-electron chi connectivity index (χ0n) is 6.51. The smallest absolute Gasteiger partial charge is 0.133 e. The van der Waals surface area contributed by atoms with Crippen molar-refractivity contribution in [1.29, 1.82) is 0 Å². The molecule has 4 heteroatoms. The van der Waals surface area contributed by atoms with Crippen LogP contribution in [0.3, 0.4) is 0 Å². The minimum absolute atomic E-state index is 0.0589. The molecule has 0 saturated heterocycles. The quantitative estimate of drug-likeness (QED) is 0.633. The zero-order chi connectivity index (χ0) is 9.30. The van der Waals surface area contributed by atoms with Crippen LogP contribution in [0.5, 0.6) is 0 Å². The SMILES string of the molecule is CC(O)c1c(N)cc(F)cc1F. The van der Waals surface area contributed by atoms with Crippen molar-refractivity contribution in [2.75, 3.05) is 5.73 Å². The Labute approximate surface area is 68.6 Å². The van der Waals surface area contributed by atoms with E-state index in [2.05, 4.69) is 0 Å². The monoisotopic (exact) mass is 173 g/mol. The Morgan fingerprint density at radius 1 is 1.42 bits per heavy atom. The molecule has 0 spiro atoms. The van der Waals surface area contributed by atoms with Crippen molar-refractivity contribution in [3.63, 3.8) is 0 Å². The summed E-state index contributed by atoms with van der Waals surface area (Å²) >= 11 is 0. The normalized spacial score (nSPS) is 13.0. The number of hydrogen-bond donors (Lipinski definition) is 2. The molecule has 0 heterocycles. The van der Waals surface area contributed by atoms with E-state index in [0.29, 0.717) is 6.07 Å². The molecule has 0 bridgehead atoms. The standard InChI is InChI=1S/C8H9F2NO/c1-4(12)8-6(10)2-5(9)3-7(8)11/h2-4,12H,11H2,1H3. The lowest BCUT2D eigenvalue weighted by atomic mass is 10.1. The van der Waals surface area contributed by atoms with Gasteiger partial charge in [-0.05, 0) is 13.0 Å². The highest BCUT2D eigenvalue weighted by Gasteiger charge is 2.13. The minimum Gasteiger partial charge on any atom is -0.398 e. The Kier molecular flexibility index (Phi) is 2.28. The molecular weight excluding hydrogens is 164 g/mol. The Morgan fingerprint density at radius 2 is 2.00 bits per heavy atom. The third-order valence-electron chi connectivity index (χ3n) is 1.54. The first-order valence-electron chi connectivity index (χ1n) is 3.45. The number of aliphatic hydroxyl groups excluding tert-OH is 1. The van der Waals surface area contributed by atoms with E-state index in [9.17, 15) is 8.78 Å². The van der Waals surface area contributed by atoms with Crippen molar-refractivity contribution in [3.05, 3.63) is 29.3 Å². The summed E-state index contributed by atoms with van der Waals surface area (Å²) in [7, 11) is 0. The Morgan fingerprint density at radius 3 is 2.42 bits per heavy atom. The first-order chi connectivity index (χ1) is 5.52. The number of halogens is 2. The number of anilines is 1. The fourth-order valence-electron chi connectivity index (χ4n) is 1.05. The summed E-state index contributed by atoms with van der Waals surface area (Å²) in [6.07, 6.45) is -1.02. The van der Waals surface area contributed by atoms with Crippen LogP contribution in [0.25, 0.3) is 0 Å². The number of nitrogen functional groups attached to an aromatic ring is 1. The summed E-state index contributed by atoms with van der Waals surface area (Å²) in [4.78, 5) is 0. The molecule has 0 fully saturated rings. The van der Waals surface area contributed by atoms with E-state index in [1.54, 1.807) is 0 Å². The lowest BCUT2D eigenvalue weighted by molar-refractivity contribution is 0.195. The number of nitrogens with two attached hydrogens (primary N) is 1. The first kappa shape index (κ1) is 8.93. The second kappa shape index (κ2) is 3.06. The topological polar surface area (TPSA) is 46.2 Å². The molecule has 0 saturated carbocycles. The number of rotatable bonds is 1. The van der Waals surface area contributed by atoms with Crippen LogP contribution in [0, 0.1) is 11.6 Å². The van der Waals surface area contributed by atoms with Crippen molar-refractivity contribution < 1.29 is 13.9 Å². The second-order valence-electron chi connectivity index (χ2n) is 2.57. The molecule has 0 aromatic heterocycles. The van der Waals surface area contributed by atoms with Crippen LogP contribution in [0.15, 0.2) is 12.1 Å². The molecule has 0 aliphatic carbocycles. The molecule has 1 unspecified atom stereocenters. The predicted molar refractivity (Wildman–Crippen MR) is 41.4 cm³/mol. The van der Waals surface area contributed by atoms with E-state index in [0.717, 1.165) is 6.07 Å². The Balaban J connectivity index is 3.28. The van der Waals surface area contributed by atoms with E-state index < -0.39 is 17.7 Å². The van der Waals surface area contributed by atoms with Gasteiger partial charge >= 0.3 is 0 Å². The van der Waals surface area contributed by atoms with Crippen molar-refractivity contribution in [1.82, 2.24) is 0 Å². The minimum atomic E-state index is -1.02. The van der Waals surface area contributed by atoms with Crippen molar-refractivity contribution >= 4 is 5.69 Å². The molecule has 1 aromatic rings. The van der Waals surface area contributed by atoms with Gasteiger partial charge in [0.05, 0.1) is 6.10 Å². The van der Waals surface area contributed by atoms with Crippen LogP contribution >= 0.6 is 0 Å². The van der Waals surface area contributed by atoms with Crippen LogP contribution in [0.4, 0.5) is 14.5 Å². The molecule has 0 radical (unpaired) electrons. The molecule has 0 aliphatic rings. The zero-order valence-corrected chi connectivity index (χ0v) is 6.51. The van der Waals surface area contributed by atoms with Crippen molar-refractivity contribution in [2.24, 2.45) is 0 Å². The molecule has 1 atom stereocenters. The number of hydrogen-bond acceptors (Lipinski definition) is 2. The fourth-order valence-corrected chi connectivity index (χ4v) is 1.05. The number of aliphatic hydroxyl groups is 1. The van der Waals surface area contributed by atoms with E-state index >= 15 is 0 Å². The summed E-state index contributed by atoms with van der Waals surface area (Å²) < 4.78 is 25.4. The maximum absolute atomic E-state index is 12.9. The lowest BCUT2D eigenvalue weighted by Gasteiger charge is -2.09. The van der Waals surface area contributed by atoms with E-state index in [4.69, 9.17) is 10.8 Å². The summed E-state index contributed by atoms with van der Waals surface area (Å²) in [5.41, 5.74) is 5.16. The molecule has 0 amide bonds. The molecular formula is C8H9F2NO. The fraction of sp³-hybridized carbons (Fsp3) is 0.250. The third kappa shape index (κ3) is 1.53. The van der Waals surface area contributed by atoms with Crippen LogP contribution in [-0.4, -0.2) is 5.11 Å². The Hall–Kier alpha value is -1.16. The molecule has 1 aromatic carbocycles. The largest absolute Gasteiger partial charge is 0.398 e. The average Bonchev–Trinajstić information content (AvgIpc) is 1.82. The van der Waals surface area contributed by atoms with E-state index in [-0.39, 0.29) is 11.3 Å². The molecule has 3 N–H and O–H groups in total. The predicted octanol–water partition coefficient (Wildman–Crippen LogP) is 1.60.